The second-order valence-corrected chi connectivity index (χ2v) is 5.02. The molecule has 0 bridgehead atoms. The lowest BCUT2D eigenvalue weighted by Gasteiger charge is -2.13. The molecule has 0 amide bonds. The molecule has 1 aliphatic rings. The summed E-state index contributed by atoms with van der Waals surface area (Å²) in [6.07, 6.45) is 1.11. The van der Waals surface area contributed by atoms with Crippen LogP contribution in [-0.2, 0) is 6.54 Å². The molecule has 0 spiro atoms. The third-order valence-electron chi connectivity index (χ3n) is 2.40. The van der Waals surface area contributed by atoms with Crippen molar-refractivity contribution in [2.45, 2.75) is 19.0 Å². The maximum absolute atomic E-state index is 6.02. The summed E-state index contributed by atoms with van der Waals surface area (Å²) in [5.74, 6) is 0. The van der Waals surface area contributed by atoms with Gasteiger partial charge in [0.1, 0.15) is 0 Å². The van der Waals surface area contributed by atoms with Gasteiger partial charge in [0.15, 0.2) is 0 Å². The minimum atomic E-state index is 0.359. The summed E-state index contributed by atoms with van der Waals surface area (Å²) in [6, 6.07) is 2.45. The fourth-order valence-corrected chi connectivity index (χ4v) is 2.59. The minimum absolute atomic E-state index is 0.359. The normalized spacial score (nSPS) is 24.0. The molecule has 0 aliphatic carbocycles. The maximum Gasteiger partial charge on any atom is 0.0973 e. The lowest BCUT2D eigenvalue weighted by Crippen LogP contribution is -2.26. The highest BCUT2D eigenvalue weighted by Gasteiger charge is 2.19. The summed E-state index contributed by atoms with van der Waals surface area (Å²) in [7, 11) is 0. The average molecular weight is 217 g/mol. The van der Waals surface area contributed by atoms with Crippen molar-refractivity contribution in [2.24, 2.45) is 5.73 Å². The first kappa shape index (κ1) is 9.46. The van der Waals surface area contributed by atoms with Crippen LogP contribution in [0.3, 0.4) is 0 Å². The predicted octanol–water partition coefficient (Wildman–Crippen LogP) is 1.93. The summed E-state index contributed by atoms with van der Waals surface area (Å²) < 4.78 is 0.917. The zero-order chi connectivity index (χ0) is 9.26. The number of likely N-dealkylation sites (tertiary alicyclic amines) is 1. The molecule has 2 N–H and O–H groups in total. The number of hydrogen-bond acceptors (Lipinski definition) is 3. The van der Waals surface area contributed by atoms with E-state index in [4.69, 9.17) is 17.3 Å². The fourth-order valence-electron chi connectivity index (χ4n) is 1.68. The van der Waals surface area contributed by atoms with Gasteiger partial charge < -0.3 is 5.73 Å². The van der Waals surface area contributed by atoms with E-state index in [1.165, 1.54) is 5.56 Å². The molecule has 0 radical (unpaired) electrons. The van der Waals surface area contributed by atoms with E-state index in [1.54, 1.807) is 11.3 Å². The van der Waals surface area contributed by atoms with Crippen LogP contribution in [0.15, 0.2) is 11.4 Å². The molecule has 1 saturated heterocycles. The monoisotopic (exact) mass is 216 g/mol. The van der Waals surface area contributed by atoms with E-state index in [-0.39, 0.29) is 0 Å². The van der Waals surface area contributed by atoms with Gasteiger partial charge in [-0.3, -0.25) is 4.90 Å². The van der Waals surface area contributed by atoms with E-state index in [2.05, 4.69) is 11.0 Å². The predicted molar refractivity (Wildman–Crippen MR) is 57.2 cm³/mol. The van der Waals surface area contributed by atoms with Gasteiger partial charge in [0, 0.05) is 25.7 Å². The number of nitrogens with two attached hydrogens (primary N) is 1. The van der Waals surface area contributed by atoms with Crippen LogP contribution >= 0.6 is 22.9 Å². The smallest absolute Gasteiger partial charge is 0.0973 e. The fraction of sp³-hybridized carbons (Fsp3) is 0.556. The highest BCUT2D eigenvalue weighted by Crippen LogP contribution is 2.25. The van der Waals surface area contributed by atoms with Gasteiger partial charge in [0.25, 0.3) is 0 Å². The third-order valence-corrected chi connectivity index (χ3v) is 3.65. The molecule has 1 fully saturated rings. The minimum Gasteiger partial charge on any atom is -0.326 e. The van der Waals surface area contributed by atoms with Crippen molar-refractivity contribution in [3.63, 3.8) is 0 Å². The van der Waals surface area contributed by atoms with Crippen molar-refractivity contribution in [1.82, 2.24) is 4.90 Å². The van der Waals surface area contributed by atoms with Gasteiger partial charge in [-0.15, -0.1) is 11.3 Å². The van der Waals surface area contributed by atoms with Crippen LogP contribution in [0.1, 0.15) is 12.0 Å². The standard InChI is InChI=1S/C9H13ClN2S/c10-9-7(2-4-13-9)5-12-3-1-8(11)6-12/h2,4,8H,1,3,5-6,11H2/t8-/m0/s1. The Bertz CT molecular complexity index is 287. The lowest BCUT2D eigenvalue weighted by atomic mass is 10.3. The molecule has 1 aliphatic heterocycles. The number of rotatable bonds is 2. The largest absolute Gasteiger partial charge is 0.326 e. The Labute approximate surface area is 87.3 Å². The Balaban J connectivity index is 1.95. The second-order valence-electron chi connectivity index (χ2n) is 3.50. The molecule has 1 aromatic heterocycles. The first-order chi connectivity index (χ1) is 6.25. The Morgan fingerprint density at radius 2 is 2.54 bits per heavy atom. The number of halogens is 1. The van der Waals surface area contributed by atoms with Crippen molar-refractivity contribution >= 4 is 22.9 Å². The quantitative estimate of drug-likeness (QED) is 0.819. The van der Waals surface area contributed by atoms with E-state index in [9.17, 15) is 0 Å². The van der Waals surface area contributed by atoms with Crippen molar-refractivity contribution < 1.29 is 0 Å². The van der Waals surface area contributed by atoms with Gasteiger partial charge >= 0.3 is 0 Å². The molecule has 2 nitrogen and oxygen atoms in total. The van der Waals surface area contributed by atoms with Crippen LogP contribution in [0, 0.1) is 0 Å². The first-order valence-corrected chi connectivity index (χ1v) is 5.71. The zero-order valence-corrected chi connectivity index (χ0v) is 8.94. The van der Waals surface area contributed by atoms with Gasteiger partial charge in [-0.2, -0.15) is 0 Å². The van der Waals surface area contributed by atoms with Crippen LogP contribution in [-0.4, -0.2) is 24.0 Å². The number of nitrogens with zero attached hydrogens (tertiary/aromatic N) is 1. The molecule has 0 aromatic carbocycles. The molecular weight excluding hydrogens is 204 g/mol. The van der Waals surface area contributed by atoms with Gasteiger partial charge in [-0.1, -0.05) is 11.6 Å². The van der Waals surface area contributed by atoms with Gasteiger partial charge in [-0.05, 0) is 23.4 Å². The topological polar surface area (TPSA) is 29.3 Å². The number of thiophene rings is 1. The van der Waals surface area contributed by atoms with Gasteiger partial charge in [-0.25, -0.2) is 0 Å². The Morgan fingerprint density at radius 1 is 1.69 bits per heavy atom. The molecule has 0 saturated carbocycles. The highest BCUT2D eigenvalue weighted by atomic mass is 35.5. The van der Waals surface area contributed by atoms with Gasteiger partial charge in [0.05, 0.1) is 4.34 Å². The van der Waals surface area contributed by atoms with Crippen LogP contribution in [0.2, 0.25) is 4.34 Å². The van der Waals surface area contributed by atoms with Crippen LogP contribution in [0.25, 0.3) is 0 Å². The zero-order valence-electron chi connectivity index (χ0n) is 7.37. The van der Waals surface area contributed by atoms with Crippen LogP contribution < -0.4 is 5.73 Å². The average Bonchev–Trinajstić information content (AvgIpc) is 2.64. The number of hydrogen-bond donors (Lipinski definition) is 1. The molecule has 1 aromatic rings. The SMILES string of the molecule is N[C@H]1CCN(Cc2ccsc2Cl)C1. The van der Waals surface area contributed by atoms with Crippen LogP contribution in [0.4, 0.5) is 0 Å². The summed E-state index contributed by atoms with van der Waals surface area (Å²) in [4.78, 5) is 2.36. The summed E-state index contributed by atoms with van der Waals surface area (Å²) in [5, 5.41) is 2.04. The maximum atomic E-state index is 6.02. The van der Waals surface area contributed by atoms with Crippen molar-refractivity contribution in [3.8, 4) is 0 Å². The van der Waals surface area contributed by atoms with Gasteiger partial charge in [0.2, 0.25) is 0 Å². The molecule has 4 heteroatoms. The molecule has 13 heavy (non-hydrogen) atoms. The molecule has 2 rings (SSSR count). The summed E-state index contributed by atoms with van der Waals surface area (Å²) in [6.45, 7) is 3.07. The second kappa shape index (κ2) is 3.96. The molecule has 72 valence electrons. The van der Waals surface area contributed by atoms with E-state index in [0.29, 0.717) is 6.04 Å². The molecular formula is C9H13ClN2S. The highest BCUT2D eigenvalue weighted by molar-refractivity contribution is 7.14. The third kappa shape index (κ3) is 2.23. The molecule has 0 unspecified atom stereocenters. The van der Waals surface area contributed by atoms with Crippen molar-refractivity contribution in [3.05, 3.63) is 21.3 Å². The van der Waals surface area contributed by atoms with Crippen molar-refractivity contribution in [2.75, 3.05) is 13.1 Å². The van der Waals surface area contributed by atoms with Crippen LogP contribution in [0.5, 0.6) is 0 Å². The Hall–Kier alpha value is -0.0900. The van der Waals surface area contributed by atoms with E-state index < -0.39 is 0 Å². The molecule has 2 heterocycles. The van der Waals surface area contributed by atoms with E-state index >= 15 is 0 Å². The Kier molecular flexibility index (Phi) is 2.89. The lowest BCUT2D eigenvalue weighted by molar-refractivity contribution is 0.327. The van der Waals surface area contributed by atoms with Crippen molar-refractivity contribution in [1.29, 1.82) is 0 Å². The summed E-state index contributed by atoms with van der Waals surface area (Å²) >= 11 is 7.61. The van der Waals surface area contributed by atoms with E-state index in [1.807, 2.05) is 5.38 Å². The molecule has 1 atom stereocenters. The Morgan fingerprint density at radius 3 is 3.08 bits per heavy atom. The summed E-state index contributed by atoms with van der Waals surface area (Å²) in [5.41, 5.74) is 7.06. The van der Waals surface area contributed by atoms with E-state index in [0.717, 1.165) is 30.4 Å². The first-order valence-electron chi connectivity index (χ1n) is 4.45.